The Morgan fingerprint density at radius 2 is 2.15 bits per heavy atom. The highest BCUT2D eigenvalue weighted by molar-refractivity contribution is 7.13. The van der Waals surface area contributed by atoms with Crippen LogP contribution < -0.4 is 14.8 Å². The molecule has 1 amide bonds. The van der Waals surface area contributed by atoms with E-state index < -0.39 is 6.10 Å². The molecule has 4 rings (SSSR count). The standard InChI is InChI=1S/C19H19N3O3S/c1-22-11-13(17-7-4-10-26-17)21-18(22)8-9-20-19(23)16-12-24-14-5-2-3-6-15(14)25-16/h2-7,10-11,16H,8-9,12H2,1H3,(H,20,23)/t16-/m1/s1. The largest absolute Gasteiger partial charge is 0.485 e. The number of imidazole rings is 1. The van der Waals surface area contributed by atoms with Gasteiger partial charge in [0.2, 0.25) is 6.10 Å². The topological polar surface area (TPSA) is 65.4 Å². The molecule has 0 fully saturated rings. The molecular formula is C19H19N3O3S. The second kappa shape index (κ2) is 7.21. The van der Waals surface area contributed by atoms with Crippen molar-refractivity contribution in [1.29, 1.82) is 0 Å². The van der Waals surface area contributed by atoms with Crippen molar-refractivity contribution in [2.45, 2.75) is 12.5 Å². The van der Waals surface area contributed by atoms with Crippen molar-refractivity contribution in [2.24, 2.45) is 7.05 Å². The average Bonchev–Trinajstić information content (AvgIpc) is 3.31. The van der Waals surface area contributed by atoms with Gasteiger partial charge < -0.3 is 19.4 Å². The summed E-state index contributed by atoms with van der Waals surface area (Å²) in [6, 6.07) is 11.4. The van der Waals surface area contributed by atoms with Crippen LogP contribution in [0.2, 0.25) is 0 Å². The smallest absolute Gasteiger partial charge is 0.264 e. The Hall–Kier alpha value is -2.80. The average molecular weight is 369 g/mol. The molecule has 3 heterocycles. The summed E-state index contributed by atoms with van der Waals surface area (Å²) in [6.07, 6.45) is 2.03. The molecule has 0 unspecified atom stereocenters. The van der Waals surface area contributed by atoms with E-state index in [-0.39, 0.29) is 12.5 Å². The van der Waals surface area contributed by atoms with E-state index >= 15 is 0 Å². The first kappa shape index (κ1) is 16.7. The maximum atomic E-state index is 12.3. The number of hydrogen-bond donors (Lipinski definition) is 1. The van der Waals surface area contributed by atoms with Gasteiger partial charge in [0.05, 0.1) is 10.6 Å². The number of ether oxygens (including phenoxy) is 2. The minimum atomic E-state index is -0.632. The molecule has 1 aromatic carbocycles. The molecule has 1 aliphatic rings. The first-order valence-corrected chi connectivity index (χ1v) is 9.31. The zero-order valence-electron chi connectivity index (χ0n) is 14.3. The Kier molecular flexibility index (Phi) is 4.62. The molecule has 0 aliphatic carbocycles. The van der Waals surface area contributed by atoms with E-state index in [1.54, 1.807) is 17.4 Å². The second-order valence-corrected chi connectivity index (χ2v) is 6.98. The lowest BCUT2D eigenvalue weighted by Gasteiger charge is -2.25. The molecule has 0 radical (unpaired) electrons. The lowest BCUT2D eigenvalue weighted by atomic mass is 10.2. The van der Waals surface area contributed by atoms with Gasteiger partial charge in [-0.05, 0) is 23.6 Å². The molecule has 7 heteroatoms. The van der Waals surface area contributed by atoms with Gasteiger partial charge in [0.1, 0.15) is 12.4 Å². The third-order valence-corrected chi connectivity index (χ3v) is 5.09. The van der Waals surface area contributed by atoms with Crippen molar-refractivity contribution in [3.8, 4) is 22.1 Å². The van der Waals surface area contributed by atoms with Crippen LogP contribution in [0.15, 0.2) is 48.0 Å². The van der Waals surface area contributed by atoms with Crippen LogP contribution in [-0.4, -0.2) is 34.7 Å². The van der Waals surface area contributed by atoms with Crippen molar-refractivity contribution in [2.75, 3.05) is 13.2 Å². The maximum absolute atomic E-state index is 12.3. The molecule has 0 spiro atoms. The highest BCUT2D eigenvalue weighted by Gasteiger charge is 2.26. The summed E-state index contributed by atoms with van der Waals surface area (Å²) in [6.45, 7) is 0.711. The number of carbonyl (C=O) groups is 1. The number of nitrogens with zero attached hydrogens (tertiary/aromatic N) is 2. The van der Waals surface area contributed by atoms with E-state index in [9.17, 15) is 4.79 Å². The Morgan fingerprint density at radius 3 is 2.96 bits per heavy atom. The number of nitrogens with one attached hydrogen (secondary N) is 1. The summed E-state index contributed by atoms with van der Waals surface area (Å²) in [5, 5.41) is 4.94. The molecule has 1 aliphatic heterocycles. The van der Waals surface area contributed by atoms with Gasteiger partial charge in [-0.25, -0.2) is 4.98 Å². The third-order valence-electron chi connectivity index (χ3n) is 4.20. The zero-order chi connectivity index (χ0) is 17.9. The fourth-order valence-electron chi connectivity index (χ4n) is 2.84. The summed E-state index contributed by atoms with van der Waals surface area (Å²) in [4.78, 5) is 18.1. The SMILES string of the molecule is Cn1cc(-c2cccs2)nc1CCNC(=O)[C@H]1COc2ccccc2O1. The van der Waals surface area contributed by atoms with Gasteiger partial charge in [-0.1, -0.05) is 18.2 Å². The minimum Gasteiger partial charge on any atom is -0.485 e. The number of para-hydroxylation sites is 2. The van der Waals surface area contributed by atoms with Gasteiger partial charge in [-0.15, -0.1) is 11.3 Å². The number of benzene rings is 1. The van der Waals surface area contributed by atoms with Crippen LogP contribution in [0.4, 0.5) is 0 Å². The molecule has 1 N–H and O–H groups in total. The number of rotatable bonds is 5. The molecule has 3 aromatic rings. The second-order valence-electron chi connectivity index (χ2n) is 6.04. The third kappa shape index (κ3) is 3.43. The number of hydrogen-bond acceptors (Lipinski definition) is 5. The Labute approximate surface area is 155 Å². The molecular weight excluding hydrogens is 350 g/mol. The van der Waals surface area contributed by atoms with Crippen molar-refractivity contribution in [3.05, 3.63) is 53.8 Å². The number of fused-ring (bicyclic) bond motifs is 1. The predicted octanol–water partition coefficient (Wildman–Crippen LogP) is 2.65. The van der Waals surface area contributed by atoms with Crippen LogP contribution in [-0.2, 0) is 18.3 Å². The van der Waals surface area contributed by atoms with Crippen LogP contribution in [0.5, 0.6) is 11.5 Å². The normalized spacial score (nSPS) is 15.7. The van der Waals surface area contributed by atoms with Crippen LogP contribution >= 0.6 is 11.3 Å². The van der Waals surface area contributed by atoms with Gasteiger partial charge in [-0.3, -0.25) is 4.79 Å². The number of aromatic nitrogens is 2. The molecule has 0 saturated carbocycles. The van der Waals surface area contributed by atoms with Gasteiger partial charge >= 0.3 is 0 Å². The van der Waals surface area contributed by atoms with Gasteiger partial charge in [0.25, 0.3) is 5.91 Å². The zero-order valence-corrected chi connectivity index (χ0v) is 15.2. The van der Waals surface area contributed by atoms with E-state index in [4.69, 9.17) is 9.47 Å². The van der Waals surface area contributed by atoms with E-state index in [1.165, 1.54) is 0 Å². The summed E-state index contributed by atoms with van der Waals surface area (Å²) < 4.78 is 13.3. The van der Waals surface area contributed by atoms with E-state index in [2.05, 4.69) is 16.4 Å². The Bertz CT molecular complexity index is 905. The van der Waals surface area contributed by atoms with E-state index in [1.807, 2.05) is 47.5 Å². The minimum absolute atomic E-state index is 0.174. The number of aryl methyl sites for hydroxylation is 1. The molecule has 26 heavy (non-hydrogen) atoms. The van der Waals surface area contributed by atoms with Crippen LogP contribution in [0.1, 0.15) is 5.82 Å². The van der Waals surface area contributed by atoms with Crippen molar-refractivity contribution in [1.82, 2.24) is 14.9 Å². The van der Waals surface area contributed by atoms with Crippen LogP contribution in [0.25, 0.3) is 10.6 Å². The first-order chi connectivity index (χ1) is 12.7. The molecule has 0 bridgehead atoms. The summed E-state index contributed by atoms with van der Waals surface area (Å²) >= 11 is 1.66. The van der Waals surface area contributed by atoms with E-state index in [0.29, 0.717) is 24.5 Å². The Morgan fingerprint density at radius 1 is 1.31 bits per heavy atom. The highest BCUT2D eigenvalue weighted by Crippen LogP contribution is 2.30. The summed E-state index contributed by atoms with van der Waals surface area (Å²) in [5.41, 5.74) is 0.962. The first-order valence-electron chi connectivity index (χ1n) is 8.43. The molecule has 6 nitrogen and oxygen atoms in total. The van der Waals surface area contributed by atoms with Crippen LogP contribution in [0, 0.1) is 0 Å². The number of amides is 1. The lowest BCUT2D eigenvalue weighted by molar-refractivity contribution is -0.130. The van der Waals surface area contributed by atoms with Crippen molar-refractivity contribution in [3.63, 3.8) is 0 Å². The summed E-state index contributed by atoms with van der Waals surface area (Å²) in [7, 11) is 1.97. The molecule has 1 atom stereocenters. The van der Waals surface area contributed by atoms with Crippen molar-refractivity contribution >= 4 is 17.2 Å². The molecule has 2 aromatic heterocycles. The quantitative estimate of drug-likeness (QED) is 0.751. The maximum Gasteiger partial charge on any atom is 0.264 e. The Balaban J connectivity index is 1.32. The van der Waals surface area contributed by atoms with Crippen molar-refractivity contribution < 1.29 is 14.3 Å². The van der Waals surface area contributed by atoms with Gasteiger partial charge in [0, 0.05) is 26.2 Å². The number of carbonyl (C=O) groups excluding carboxylic acids is 1. The lowest BCUT2D eigenvalue weighted by Crippen LogP contribution is -2.44. The fraction of sp³-hybridized carbons (Fsp3) is 0.263. The van der Waals surface area contributed by atoms with Gasteiger partial charge in [0.15, 0.2) is 11.5 Å². The molecule has 0 saturated heterocycles. The monoisotopic (exact) mass is 369 g/mol. The molecule has 134 valence electrons. The fourth-order valence-corrected chi connectivity index (χ4v) is 3.52. The highest BCUT2D eigenvalue weighted by atomic mass is 32.1. The van der Waals surface area contributed by atoms with E-state index in [0.717, 1.165) is 16.4 Å². The number of thiophene rings is 1. The predicted molar refractivity (Wildman–Crippen MR) is 99.6 cm³/mol. The van der Waals surface area contributed by atoms with Crippen LogP contribution in [0.3, 0.4) is 0 Å². The summed E-state index contributed by atoms with van der Waals surface area (Å²) in [5.74, 6) is 2.03. The van der Waals surface area contributed by atoms with Gasteiger partial charge in [-0.2, -0.15) is 0 Å².